The molecule has 0 bridgehead atoms. The number of nitrogen functional groups attached to an aromatic ring is 1. The van der Waals surface area contributed by atoms with E-state index < -0.39 is 35.2 Å². The van der Waals surface area contributed by atoms with Crippen LogP contribution in [0.15, 0.2) is 6.07 Å². The van der Waals surface area contributed by atoms with E-state index in [2.05, 4.69) is 4.98 Å². The van der Waals surface area contributed by atoms with Crippen LogP contribution in [-0.2, 0) is 6.61 Å². The van der Waals surface area contributed by atoms with Gasteiger partial charge in [0.05, 0.1) is 17.1 Å². The highest BCUT2D eigenvalue weighted by molar-refractivity contribution is 5.53. The van der Waals surface area contributed by atoms with Crippen molar-refractivity contribution in [2.24, 2.45) is 0 Å². The van der Waals surface area contributed by atoms with Crippen LogP contribution in [0.1, 0.15) is 17.7 Å². The van der Waals surface area contributed by atoms with Gasteiger partial charge in [-0.25, -0.2) is 13.8 Å². The Kier molecular flexibility index (Phi) is 3.10. The zero-order valence-corrected chi connectivity index (χ0v) is 7.35. The number of hydrogen-bond acceptors (Lipinski definition) is 5. The number of rotatable bonds is 3. The van der Waals surface area contributed by atoms with E-state index in [1.807, 2.05) is 0 Å². The third-order valence-electron chi connectivity index (χ3n) is 1.73. The van der Waals surface area contributed by atoms with E-state index in [-0.39, 0.29) is 5.56 Å². The van der Waals surface area contributed by atoms with Crippen LogP contribution in [0.4, 0.5) is 20.3 Å². The van der Waals surface area contributed by atoms with Crippen molar-refractivity contribution in [3.8, 4) is 0 Å². The summed E-state index contributed by atoms with van der Waals surface area (Å²) in [6.07, 6.45) is -2.95. The Hall–Kier alpha value is -1.83. The van der Waals surface area contributed by atoms with Gasteiger partial charge in [0.15, 0.2) is 0 Å². The van der Waals surface area contributed by atoms with Crippen molar-refractivity contribution >= 4 is 11.5 Å². The van der Waals surface area contributed by atoms with Gasteiger partial charge in [-0.3, -0.25) is 10.1 Å². The second kappa shape index (κ2) is 4.13. The third-order valence-corrected chi connectivity index (χ3v) is 1.73. The maximum atomic E-state index is 12.2. The first-order valence-corrected chi connectivity index (χ1v) is 3.80. The number of aliphatic hydroxyl groups excluding tert-OH is 1. The highest BCUT2D eigenvalue weighted by Gasteiger charge is 2.22. The van der Waals surface area contributed by atoms with E-state index in [0.29, 0.717) is 6.07 Å². The van der Waals surface area contributed by atoms with Crippen molar-refractivity contribution < 1.29 is 18.8 Å². The Bertz CT molecular complexity index is 397. The molecule has 15 heavy (non-hydrogen) atoms. The largest absolute Gasteiger partial charge is 0.391 e. The molecule has 0 aliphatic rings. The molecular formula is C7H7F2N3O3. The number of hydrogen-bond donors (Lipinski definition) is 2. The Morgan fingerprint density at radius 3 is 2.67 bits per heavy atom. The van der Waals surface area contributed by atoms with Gasteiger partial charge >= 0.3 is 0 Å². The summed E-state index contributed by atoms with van der Waals surface area (Å²) in [5.41, 5.74) is 3.51. The maximum absolute atomic E-state index is 12.2. The molecule has 1 heterocycles. The third kappa shape index (κ3) is 2.15. The molecule has 0 aliphatic heterocycles. The molecule has 0 aromatic carbocycles. The molecule has 0 fully saturated rings. The van der Waals surface area contributed by atoms with Crippen LogP contribution in [-0.4, -0.2) is 15.0 Å². The molecule has 6 nitrogen and oxygen atoms in total. The van der Waals surface area contributed by atoms with Crippen molar-refractivity contribution in [3.63, 3.8) is 0 Å². The van der Waals surface area contributed by atoms with E-state index in [9.17, 15) is 18.9 Å². The predicted molar refractivity (Wildman–Crippen MR) is 46.2 cm³/mol. The van der Waals surface area contributed by atoms with Gasteiger partial charge in [-0.2, -0.15) is 0 Å². The van der Waals surface area contributed by atoms with E-state index in [0.717, 1.165) is 0 Å². The number of anilines is 1. The molecule has 0 aliphatic carbocycles. The summed E-state index contributed by atoms with van der Waals surface area (Å²) < 4.78 is 24.4. The Morgan fingerprint density at radius 1 is 1.67 bits per heavy atom. The fourth-order valence-electron chi connectivity index (χ4n) is 1.03. The summed E-state index contributed by atoms with van der Waals surface area (Å²) >= 11 is 0. The highest BCUT2D eigenvalue weighted by atomic mass is 19.3. The fourth-order valence-corrected chi connectivity index (χ4v) is 1.03. The number of aliphatic hydroxyl groups is 1. The highest BCUT2D eigenvalue weighted by Crippen LogP contribution is 2.28. The van der Waals surface area contributed by atoms with Crippen molar-refractivity contribution in [1.29, 1.82) is 0 Å². The lowest BCUT2D eigenvalue weighted by Gasteiger charge is -2.05. The minimum Gasteiger partial charge on any atom is -0.391 e. The van der Waals surface area contributed by atoms with Gasteiger partial charge in [-0.1, -0.05) is 0 Å². The number of aromatic nitrogens is 1. The molecular weight excluding hydrogens is 212 g/mol. The standard InChI is InChI=1S/C7H7F2N3O3/c8-6(9)4-1-5(12(14)15)3(2-13)7(10)11-4/h1,6,13H,2H2,(H2,10,11). The van der Waals surface area contributed by atoms with Crippen LogP contribution in [0.25, 0.3) is 0 Å². The molecule has 0 saturated heterocycles. The van der Waals surface area contributed by atoms with Gasteiger partial charge in [0, 0.05) is 6.07 Å². The summed E-state index contributed by atoms with van der Waals surface area (Å²) in [6.45, 7) is -0.724. The van der Waals surface area contributed by atoms with Gasteiger partial charge < -0.3 is 10.8 Å². The number of pyridine rings is 1. The SMILES string of the molecule is Nc1nc(C(F)F)cc([N+](=O)[O-])c1CO. The molecule has 0 amide bonds. The second-order valence-electron chi connectivity index (χ2n) is 2.65. The van der Waals surface area contributed by atoms with Gasteiger partial charge in [-0.05, 0) is 0 Å². The van der Waals surface area contributed by atoms with E-state index in [1.165, 1.54) is 0 Å². The van der Waals surface area contributed by atoms with Crippen LogP contribution in [0.3, 0.4) is 0 Å². The Morgan fingerprint density at radius 2 is 2.27 bits per heavy atom. The van der Waals surface area contributed by atoms with Crippen molar-refractivity contribution in [3.05, 3.63) is 27.4 Å². The zero-order valence-electron chi connectivity index (χ0n) is 7.35. The number of nitrogens with two attached hydrogens (primary N) is 1. The molecule has 0 unspecified atom stereocenters. The molecule has 3 N–H and O–H groups in total. The first kappa shape index (κ1) is 11.2. The van der Waals surface area contributed by atoms with Gasteiger partial charge in [0.25, 0.3) is 12.1 Å². The molecule has 1 aromatic rings. The lowest BCUT2D eigenvalue weighted by Crippen LogP contribution is -2.06. The van der Waals surface area contributed by atoms with Crippen LogP contribution in [0.5, 0.6) is 0 Å². The van der Waals surface area contributed by atoms with Crippen molar-refractivity contribution in [2.75, 3.05) is 5.73 Å². The average Bonchev–Trinajstić information content (AvgIpc) is 2.16. The monoisotopic (exact) mass is 219 g/mol. The minimum absolute atomic E-state index is 0.260. The topological polar surface area (TPSA) is 102 Å². The first-order valence-electron chi connectivity index (χ1n) is 3.80. The van der Waals surface area contributed by atoms with E-state index in [4.69, 9.17) is 10.8 Å². The zero-order chi connectivity index (χ0) is 11.6. The quantitative estimate of drug-likeness (QED) is 0.583. The molecule has 1 rings (SSSR count). The summed E-state index contributed by atoms with van der Waals surface area (Å²) in [4.78, 5) is 12.8. The number of alkyl halides is 2. The molecule has 0 spiro atoms. The molecule has 1 aromatic heterocycles. The number of nitro groups is 1. The number of halogens is 2. The maximum Gasteiger partial charge on any atom is 0.280 e. The molecule has 82 valence electrons. The molecule has 8 heteroatoms. The predicted octanol–water partition coefficient (Wildman–Crippen LogP) is 1.00. The lowest BCUT2D eigenvalue weighted by molar-refractivity contribution is -0.386. The molecule has 0 radical (unpaired) electrons. The van der Waals surface area contributed by atoms with Gasteiger partial charge in [0.1, 0.15) is 11.5 Å². The number of nitrogens with zero attached hydrogens (tertiary/aromatic N) is 2. The first-order chi connectivity index (χ1) is 6.97. The molecule has 0 atom stereocenters. The van der Waals surface area contributed by atoms with Crippen LogP contribution >= 0.6 is 0 Å². The van der Waals surface area contributed by atoms with Crippen molar-refractivity contribution in [2.45, 2.75) is 13.0 Å². The lowest BCUT2D eigenvalue weighted by atomic mass is 10.2. The van der Waals surface area contributed by atoms with E-state index >= 15 is 0 Å². The van der Waals surface area contributed by atoms with Gasteiger partial charge in [-0.15, -0.1) is 0 Å². The van der Waals surface area contributed by atoms with Crippen LogP contribution < -0.4 is 5.73 Å². The second-order valence-corrected chi connectivity index (χ2v) is 2.65. The average molecular weight is 219 g/mol. The van der Waals surface area contributed by atoms with Crippen LogP contribution in [0, 0.1) is 10.1 Å². The summed E-state index contributed by atoms with van der Waals surface area (Å²) in [5.74, 6) is -0.456. The summed E-state index contributed by atoms with van der Waals surface area (Å²) in [6, 6.07) is 0.604. The molecule has 0 saturated carbocycles. The fraction of sp³-hybridized carbons (Fsp3) is 0.286. The van der Waals surface area contributed by atoms with Crippen LogP contribution in [0.2, 0.25) is 0 Å². The Balaban J connectivity index is 3.38. The minimum atomic E-state index is -2.95. The smallest absolute Gasteiger partial charge is 0.280 e. The van der Waals surface area contributed by atoms with Gasteiger partial charge in [0.2, 0.25) is 0 Å². The normalized spacial score (nSPS) is 10.7. The van der Waals surface area contributed by atoms with E-state index in [1.54, 1.807) is 0 Å². The summed E-state index contributed by atoms with van der Waals surface area (Å²) in [7, 11) is 0. The van der Waals surface area contributed by atoms with Crippen molar-refractivity contribution in [1.82, 2.24) is 4.98 Å². The summed E-state index contributed by atoms with van der Waals surface area (Å²) in [5, 5.41) is 19.2. The Labute approximate surface area is 82.5 Å².